The number of nitrogens with zero attached hydrogens (tertiary/aromatic N) is 2. The van der Waals surface area contributed by atoms with E-state index in [0.717, 1.165) is 29.7 Å². The summed E-state index contributed by atoms with van der Waals surface area (Å²) >= 11 is 0. The molecule has 1 heterocycles. The van der Waals surface area contributed by atoms with Crippen LogP contribution in [0.2, 0.25) is 0 Å². The van der Waals surface area contributed by atoms with Gasteiger partial charge in [-0.05, 0) is 25.3 Å². The summed E-state index contributed by atoms with van der Waals surface area (Å²) in [4.78, 5) is 28.7. The summed E-state index contributed by atoms with van der Waals surface area (Å²) in [7, 11) is 0. The second-order valence-corrected chi connectivity index (χ2v) is 6.84. The molecule has 0 radical (unpaired) electrons. The van der Waals surface area contributed by atoms with E-state index in [4.69, 9.17) is 0 Å². The highest BCUT2D eigenvalue weighted by Crippen LogP contribution is 2.32. The van der Waals surface area contributed by atoms with E-state index in [2.05, 4.69) is 10.3 Å². The number of benzene rings is 1. The lowest BCUT2D eigenvalue weighted by molar-refractivity contribution is -0.120. The molecule has 1 saturated carbocycles. The van der Waals surface area contributed by atoms with Gasteiger partial charge in [0.2, 0.25) is 5.91 Å². The topological polar surface area (TPSA) is 64.0 Å². The van der Waals surface area contributed by atoms with Gasteiger partial charge >= 0.3 is 0 Å². The van der Waals surface area contributed by atoms with E-state index < -0.39 is 0 Å². The Morgan fingerprint density at radius 3 is 2.80 bits per heavy atom. The van der Waals surface area contributed by atoms with Crippen LogP contribution in [-0.2, 0) is 17.8 Å². The molecule has 0 atom stereocenters. The zero-order valence-electron chi connectivity index (χ0n) is 14.7. The number of aryl methyl sites for hydroxylation is 1. The van der Waals surface area contributed by atoms with Gasteiger partial charge in [-0.15, -0.1) is 0 Å². The van der Waals surface area contributed by atoms with Gasteiger partial charge in [-0.25, -0.2) is 4.98 Å². The quantitative estimate of drug-likeness (QED) is 0.880. The third kappa shape index (κ3) is 4.78. The van der Waals surface area contributed by atoms with Crippen LogP contribution in [0.3, 0.4) is 0 Å². The highest BCUT2D eigenvalue weighted by molar-refractivity contribution is 5.78. The minimum atomic E-state index is -0.0372. The van der Waals surface area contributed by atoms with Crippen molar-refractivity contribution in [1.29, 1.82) is 0 Å². The summed E-state index contributed by atoms with van der Waals surface area (Å²) in [6.07, 6.45) is 6.68. The van der Waals surface area contributed by atoms with Gasteiger partial charge in [-0.1, -0.05) is 42.7 Å². The maximum Gasteiger partial charge on any atom is 0.253 e. The van der Waals surface area contributed by atoms with Crippen LogP contribution in [0, 0.1) is 6.92 Å². The van der Waals surface area contributed by atoms with Crippen molar-refractivity contribution in [3.63, 3.8) is 0 Å². The summed E-state index contributed by atoms with van der Waals surface area (Å²) in [6.45, 7) is 2.88. The smallest absolute Gasteiger partial charge is 0.253 e. The molecule has 0 spiro atoms. The van der Waals surface area contributed by atoms with Crippen LogP contribution in [0.25, 0.3) is 0 Å². The molecule has 25 heavy (non-hydrogen) atoms. The SMILES string of the molecule is Cc1cccc(CC(=O)NCCn2cnc(C3CCCC3)cc2=O)c1. The Morgan fingerprint density at radius 2 is 2.08 bits per heavy atom. The third-order valence-corrected chi connectivity index (χ3v) is 4.80. The average Bonchev–Trinajstić information content (AvgIpc) is 3.11. The van der Waals surface area contributed by atoms with E-state index >= 15 is 0 Å². The molecule has 1 aliphatic carbocycles. The van der Waals surface area contributed by atoms with Crippen molar-refractivity contribution < 1.29 is 4.79 Å². The maximum atomic E-state index is 12.2. The van der Waals surface area contributed by atoms with Crippen LogP contribution in [0.5, 0.6) is 0 Å². The fraction of sp³-hybridized carbons (Fsp3) is 0.450. The predicted molar refractivity (Wildman–Crippen MR) is 97.6 cm³/mol. The fourth-order valence-corrected chi connectivity index (χ4v) is 3.44. The van der Waals surface area contributed by atoms with Crippen molar-refractivity contribution in [1.82, 2.24) is 14.9 Å². The van der Waals surface area contributed by atoms with Crippen molar-refractivity contribution in [2.75, 3.05) is 6.54 Å². The van der Waals surface area contributed by atoms with Gasteiger partial charge in [-0.3, -0.25) is 14.2 Å². The Kier molecular flexibility index (Phi) is 5.64. The first-order valence-electron chi connectivity index (χ1n) is 9.00. The number of rotatable bonds is 6. The van der Waals surface area contributed by atoms with E-state index in [1.54, 1.807) is 17.0 Å². The van der Waals surface area contributed by atoms with E-state index in [0.29, 0.717) is 25.4 Å². The van der Waals surface area contributed by atoms with Gasteiger partial charge < -0.3 is 5.32 Å². The van der Waals surface area contributed by atoms with Crippen LogP contribution in [-0.4, -0.2) is 22.0 Å². The Balaban J connectivity index is 1.50. The zero-order valence-corrected chi connectivity index (χ0v) is 14.7. The van der Waals surface area contributed by atoms with Crippen LogP contribution < -0.4 is 10.9 Å². The van der Waals surface area contributed by atoms with E-state index in [9.17, 15) is 9.59 Å². The maximum absolute atomic E-state index is 12.2. The molecule has 5 heteroatoms. The fourth-order valence-electron chi connectivity index (χ4n) is 3.44. The van der Waals surface area contributed by atoms with Crippen LogP contribution >= 0.6 is 0 Å². The molecule has 3 rings (SSSR count). The summed E-state index contributed by atoms with van der Waals surface area (Å²) in [5, 5.41) is 2.87. The zero-order chi connectivity index (χ0) is 17.6. The first kappa shape index (κ1) is 17.4. The van der Waals surface area contributed by atoms with Crippen molar-refractivity contribution >= 4 is 5.91 Å². The number of hydrogen-bond acceptors (Lipinski definition) is 3. The first-order valence-corrected chi connectivity index (χ1v) is 9.00. The first-order chi connectivity index (χ1) is 12.1. The molecule has 1 aromatic carbocycles. The van der Waals surface area contributed by atoms with E-state index in [-0.39, 0.29) is 11.5 Å². The highest BCUT2D eigenvalue weighted by Gasteiger charge is 2.18. The van der Waals surface area contributed by atoms with Crippen LogP contribution in [0.4, 0.5) is 0 Å². The predicted octanol–water partition coefficient (Wildman–Crippen LogP) is 2.57. The van der Waals surface area contributed by atoms with E-state index in [1.807, 2.05) is 31.2 Å². The second kappa shape index (κ2) is 8.10. The number of nitrogens with one attached hydrogen (secondary N) is 1. The van der Waals surface area contributed by atoms with E-state index in [1.165, 1.54) is 12.8 Å². The Labute approximate surface area is 148 Å². The summed E-state index contributed by atoms with van der Waals surface area (Å²) < 4.78 is 1.56. The van der Waals surface area contributed by atoms with Gasteiger partial charge in [0.15, 0.2) is 0 Å². The molecule has 0 saturated heterocycles. The number of hydrogen-bond donors (Lipinski definition) is 1. The number of amides is 1. The minimum Gasteiger partial charge on any atom is -0.354 e. The molecule has 132 valence electrons. The summed E-state index contributed by atoms with van der Waals surface area (Å²) in [6, 6.07) is 9.58. The minimum absolute atomic E-state index is 0.0332. The van der Waals surface area contributed by atoms with Gasteiger partial charge in [0.05, 0.1) is 18.4 Å². The number of carbonyl (C=O) groups is 1. The van der Waals surface area contributed by atoms with Crippen molar-refractivity contribution in [3.8, 4) is 0 Å². The lowest BCUT2D eigenvalue weighted by Crippen LogP contribution is -2.32. The van der Waals surface area contributed by atoms with Gasteiger partial charge in [0.25, 0.3) is 5.56 Å². The molecule has 0 aliphatic heterocycles. The van der Waals surface area contributed by atoms with Crippen LogP contribution in [0.1, 0.15) is 48.4 Å². The van der Waals surface area contributed by atoms with Gasteiger partial charge in [0, 0.05) is 25.1 Å². The Morgan fingerprint density at radius 1 is 1.28 bits per heavy atom. The molecule has 1 N–H and O–H groups in total. The van der Waals surface area contributed by atoms with Crippen molar-refractivity contribution in [2.24, 2.45) is 0 Å². The lowest BCUT2D eigenvalue weighted by Gasteiger charge is -2.11. The molecule has 1 amide bonds. The van der Waals surface area contributed by atoms with Gasteiger partial charge in [0.1, 0.15) is 0 Å². The monoisotopic (exact) mass is 339 g/mol. The number of aromatic nitrogens is 2. The second-order valence-electron chi connectivity index (χ2n) is 6.84. The van der Waals surface area contributed by atoms with Gasteiger partial charge in [-0.2, -0.15) is 0 Å². The summed E-state index contributed by atoms with van der Waals surface area (Å²) in [5.41, 5.74) is 3.02. The van der Waals surface area contributed by atoms with Crippen molar-refractivity contribution in [2.45, 2.75) is 51.5 Å². The molecule has 0 bridgehead atoms. The summed E-state index contributed by atoms with van der Waals surface area (Å²) in [5.74, 6) is 0.408. The molecule has 5 nitrogen and oxygen atoms in total. The molecule has 1 aliphatic rings. The molecule has 2 aromatic rings. The average molecular weight is 339 g/mol. The normalized spacial score (nSPS) is 14.6. The Hall–Kier alpha value is -2.43. The molecule has 1 fully saturated rings. The lowest BCUT2D eigenvalue weighted by atomic mass is 10.0. The Bertz CT molecular complexity index is 792. The molecular formula is C20H25N3O2. The van der Waals surface area contributed by atoms with Crippen LogP contribution in [0.15, 0.2) is 41.5 Å². The molecule has 0 unspecified atom stereocenters. The third-order valence-electron chi connectivity index (χ3n) is 4.80. The van der Waals surface area contributed by atoms with Crippen molar-refractivity contribution in [3.05, 3.63) is 63.8 Å². The molecular weight excluding hydrogens is 314 g/mol. The standard InChI is InChI=1S/C20H25N3O2/c1-15-5-4-6-16(11-15)12-19(24)21-9-10-23-14-22-18(13-20(23)25)17-7-2-3-8-17/h4-6,11,13-14,17H,2-3,7-10,12H2,1H3,(H,21,24). The molecule has 1 aromatic heterocycles. The number of carbonyl (C=O) groups excluding carboxylic acids is 1. The largest absolute Gasteiger partial charge is 0.354 e. The highest BCUT2D eigenvalue weighted by atomic mass is 16.1.